The molecule has 3 rings (SSSR count). The predicted molar refractivity (Wildman–Crippen MR) is 67.5 cm³/mol. The van der Waals surface area contributed by atoms with Crippen molar-refractivity contribution >= 4 is 16.6 Å². The molecule has 2 N–H and O–H groups in total. The molecule has 4 heteroatoms. The zero-order valence-electron chi connectivity index (χ0n) is 9.24. The summed E-state index contributed by atoms with van der Waals surface area (Å²) in [5.74, 6) is 0. The summed E-state index contributed by atoms with van der Waals surface area (Å²) in [5, 5.41) is 5.33. The molecule has 0 saturated carbocycles. The highest BCUT2D eigenvalue weighted by Crippen LogP contribution is 2.16. The van der Waals surface area contributed by atoms with Crippen molar-refractivity contribution in [3.8, 4) is 0 Å². The van der Waals surface area contributed by atoms with Crippen molar-refractivity contribution in [1.29, 1.82) is 0 Å². The van der Waals surface area contributed by atoms with E-state index in [-0.39, 0.29) is 0 Å². The van der Waals surface area contributed by atoms with Crippen molar-refractivity contribution in [2.24, 2.45) is 0 Å². The van der Waals surface area contributed by atoms with E-state index in [1.807, 2.05) is 29.2 Å². The van der Waals surface area contributed by atoms with Crippen molar-refractivity contribution in [2.75, 3.05) is 5.73 Å². The van der Waals surface area contributed by atoms with Gasteiger partial charge in [0.15, 0.2) is 0 Å². The van der Waals surface area contributed by atoms with E-state index in [1.54, 1.807) is 6.20 Å². The lowest BCUT2D eigenvalue weighted by Gasteiger charge is -2.05. The number of anilines is 1. The average molecular weight is 224 g/mol. The monoisotopic (exact) mass is 224 g/mol. The van der Waals surface area contributed by atoms with E-state index < -0.39 is 0 Å². The molecule has 17 heavy (non-hydrogen) atoms. The molecule has 0 amide bonds. The van der Waals surface area contributed by atoms with Crippen LogP contribution in [0.5, 0.6) is 0 Å². The summed E-state index contributed by atoms with van der Waals surface area (Å²) in [6.07, 6.45) is 5.28. The van der Waals surface area contributed by atoms with Gasteiger partial charge < -0.3 is 5.73 Å². The van der Waals surface area contributed by atoms with Crippen LogP contribution in [-0.2, 0) is 6.54 Å². The Bertz CT molecular complexity index is 652. The van der Waals surface area contributed by atoms with Crippen LogP contribution in [0, 0.1) is 0 Å². The molecule has 84 valence electrons. The number of nitrogens with two attached hydrogens (primary N) is 1. The van der Waals surface area contributed by atoms with Crippen LogP contribution in [0.3, 0.4) is 0 Å². The number of pyridine rings is 1. The number of fused-ring (bicyclic) bond motifs is 1. The SMILES string of the molecule is Nc1cnn(Cc2cccc3cccnc23)c1. The van der Waals surface area contributed by atoms with E-state index in [0.717, 1.165) is 16.5 Å². The van der Waals surface area contributed by atoms with E-state index in [0.29, 0.717) is 12.2 Å². The Kier molecular flexibility index (Phi) is 2.26. The van der Waals surface area contributed by atoms with Gasteiger partial charge in [0.05, 0.1) is 23.9 Å². The van der Waals surface area contributed by atoms with Crippen molar-refractivity contribution in [1.82, 2.24) is 14.8 Å². The third-order valence-corrected chi connectivity index (χ3v) is 2.70. The van der Waals surface area contributed by atoms with E-state index >= 15 is 0 Å². The van der Waals surface area contributed by atoms with E-state index in [4.69, 9.17) is 5.73 Å². The number of hydrogen-bond donors (Lipinski definition) is 1. The molecule has 0 fully saturated rings. The third-order valence-electron chi connectivity index (χ3n) is 2.70. The average Bonchev–Trinajstić information content (AvgIpc) is 2.75. The Hall–Kier alpha value is -2.36. The summed E-state index contributed by atoms with van der Waals surface area (Å²) >= 11 is 0. The lowest BCUT2D eigenvalue weighted by Crippen LogP contribution is -2.01. The number of nitrogen functional groups attached to an aromatic ring is 1. The van der Waals surface area contributed by atoms with Gasteiger partial charge >= 0.3 is 0 Å². The summed E-state index contributed by atoms with van der Waals surface area (Å²) in [6.45, 7) is 0.686. The van der Waals surface area contributed by atoms with Crippen LogP contribution >= 0.6 is 0 Å². The maximum atomic E-state index is 5.65. The molecule has 0 saturated heterocycles. The summed E-state index contributed by atoms with van der Waals surface area (Å²) in [6, 6.07) is 10.2. The fourth-order valence-electron chi connectivity index (χ4n) is 1.94. The molecule has 0 radical (unpaired) electrons. The second kappa shape index (κ2) is 3.90. The number of nitrogens with zero attached hydrogens (tertiary/aromatic N) is 3. The molecule has 1 aromatic carbocycles. The molecule has 2 aromatic heterocycles. The number of aromatic nitrogens is 3. The Morgan fingerprint density at radius 3 is 2.88 bits per heavy atom. The van der Waals surface area contributed by atoms with Gasteiger partial charge in [-0.15, -0.1) is 0 Å². The minimum Gasteiger partial charge on any atom is -0.396 e. The highest BCUT2D eigenvalue weighted by Gasteiger charge is 2.03. The molecule has 0 aliphatic heterocycles. The highest BCUT2D eigenvalue weighted by atomic mass is 15.3. The van der Waals surface area contributed by atoms with Crippen molar-refractivity contribution < 1.29 is 0 Å². The van der Waals surface area contributed by atoms with Gasteiger partial charge in [-0.2, -0.15) is 5.10 Å². The van der Waals surface area contributed by atoms with Crippen molar-refractivity contribution in [3.05, 3.63) is 54.5 Å². The molecule has 0 unspecified atom stereocenters. The molecule has 0 atom stereocenters. The van der Waals surface area contributed by atoms with Gasteiger partial charge in [0.25, 0.3) is 0 Å². The van der Waals surface area contributed by atoms with Crippen LogP contribution in [0.25, 0.3) is 10.9 Å². The molecule has 0 bridgehead atoms. The third kappa shape index (κ3) is 1.85. The van der Waals surface area contributed by atoms with Crippen LogP contribution in [0.2, 0.25) is 0 Å². The minimum atomic E-state index is 0.679. The minimum absolute atomic E-state index is 0.679. The Labute approximate surface area is 98.7 Å². The molecule has 0 aliphatic carbocycles. The second-order valence-electron chi connectivity index (χ2n) is 3.96. The van der Waals surface area contributed by atoms with E-state index in [9.17, 15) is 0 Å². The predicted octanol–water partition coefficient (Wildman–Crippen LogP) is 2.06. The summed E-state index contributed by atoms with van der Waals surface area (Å²) in [4.78, 5) is 4.41. The Morgan fingerprint density at radius 2 is 2.06 bits per heavy atom. The highest BCUT2D eigenvalue weighted by molar-refractivity contribution is 5.81. The van der Waals surface area contributed by atoms with Gasteiger partial charge in [-0.3, -0.25) is 9.67 Å². The number of para-hydroxylation sites is 1. The molecule has 0 spiro atoms. The quantitative estimate of drug-likeness (QED) is 0.724. The fourth-order valence-corrected chi connectivity index (χ4v) is 1.94. The lowest BCUT2D eigenvalue weighted by atomic mass is 10.1. The van der Waals surface area contributed by atoms with Gasteiger partial charge in [-0.05, 0) is 11.6 Å². The van der Waals surface area contributed by atoms with Crippen LogP contribution in [0.1, 0.15) is 5.56 Å². The van der Waals surface area contributed by atoms with Gasteiger partial charge in [0, 0.05) is 17.8 Å². The number of benzene rings is 1. The largest absolute Gasteiger partial charge is 0.396 e. The van der Waals surface area contributed by atoms with Gasteiger partial charge in [-0.25, -0.2) is 0 Å². The molecule has 2 heterocycles. The maximum Gasteiger partial charge on any atom is 0.0752 e. The molecule has 0 aliphatic rings. The summed E-state index contributed by atoms with van der Waals surface area (Å²) in [5.41, 5.74) is 8.49. The Balaban J connectivity index is 2.05. The summed E-state index contributed by atoms with van der Waals surface area (Å²) < 4.78 is 1.82. The van der Waals surface area contributed by atoms with Crippen molar-refractivity contribution in [3.63, 3.8) is 0 Å². The lowest BCUT2D eigenvalue weighted by molar-refractivity contribution is 0.689. The standard InChI is InChI=1S/C13H12N4/c14-12-7-16-17(9-12)8-11-4-1-3-10-5-2-6-15-13(10)11/h1-7,9H,8,14H2. The van der Waals surface area contributed by atoms with Crippen LogP contribution in [0.4, 0.5) is 5.69 Å². The first-order valence-electron chi connectivity index (χ1n) is 5.43. The van der Waals surface area contributed by atoms with E-state index in [1.165, 1.54) is 0 Å². The number of hydrogen-bond acceptors (Lipinski definition) is 3. The fraction of sp³-hybridized carbons (Fsp3) is 0.0769. The van der Waals surface area contributed by atoms with Crippen LogP contribution < -0.4 is 5.73 Å². The first kappa shape index (κ1) is 9.84. The van der Waals surface area contributed by atoms with Crippen LogP contribution in [-0.4, -0.2) is 14.8 Å². The normalized spacial score (nSPS) is 10.8. The smallest absolute Gasteiger partial charge is 0.0752 e. The van der Waals surface area contributed by atoms with Crippen molar-refractivity contribution in [2.45, 2.75) is 6.54 Å². The number of rotatable bonds is 2. The first-order chi connectivity index (χ1) is 8.33. The topological polar surface area (TPSA) is 56.7 Å². The molecular weight excluding hydrogens is 212 g/mol. The second-order valence-corrected chi connectivity index (χ2v) is 3.96. The Morgan fingerprint density at radius 1 is 1.18 bits per heavy atom. The zero-order chi connectivity index (χ0) is 11.7. The van der Waals surface area contributed by atoms with Gasteiger partial charge in [0.2, 0.25) is 0 Å². The van der Waals surface area contributed by atoms with Gasteiger partial charge in [-0.1, -0.05) is 24.3 Å². The molecular formula is C13H12N4. The molecule has 3 aromatic rings. The summed E-state index contributed by atoms with van der Waals surface area (Å²) in [7, 11) is 0. The van der Waals surface area contributed by atoms with Crippen LogP contribution in [0.15, 0.2) is 48.9 Å². The first-order valence-corrected chi connectivity index (χ1v) is 5.43. The zero-order valence-corrected chi connectivity index (χ0v) is 9.24. The van der Waals surface area contributed by atoms with E-state index in [2.05, 4.69) is 28.3 Å². The van der Waals surface area contributed by atoms with Gasteiger partial charge in [0.1, 0.15) is 0 Å². The maximum absolute atomic E-state index is 5.65. The molecule has 4 nitrogen and oxygen atoms in total.